The first-order valence-electron chi connectivity index (χ1n) is 2.99. The van der Waals surface area contributed by atoms with E-state index in [9.17, 15) is 9.59 Å². The van der Waals surface area contributed by atoms with Gasteiger partial charge in [0.05, 0.1) is 0 Å². The maximum atomic E-state index is 10.5. The average molecular weight is 166 g/mol. The quantitative estimate of drug-likeness (QED) is 0.362. The summed E-state index contributed by atoms with van der Waals surface area (Å²) in [6.45, 7) is 5.71. The number of esters is 1. The van der Waals surface area contributed by atoms with Crippen molar-refractivity contribution in [1.29, 1.82) is 0 Å². The summed E-state index contributed by atoms with van der Waals surface area (Å²) < 4.78 is 4.49. The summed E-state index contributed by atoms with van der Waals surface area (Å²) in [5.74, 6) is -1.93. The van der Waals surface area contributed by atoms with Crippen LogP contribution in [-0.4, -0.2) is 41.5 Å². The van der Waals surface area contributed by atoms with Gasteiger partial charge in [-0.25, -0.2) is 9.59 Å². The van der Waals surface area contributed by atoms with E-state index >= 15 is 0 Å². The monoisotopic (exact) mass is 166 g/mol. The predicted molar refractivity (Wildman–Crippen MR) is 45.2 cm³/mol. The summed E-state index contributed by atoms with van der Waals surface area (Å²) in [5, 5.41) is 8.47. The normalized spacial score (nSPS) is 9.50. The number of carboxylic acid groups (broad SMARTS) is 1. The van der Waals surface area contributed by atoms with Gasteiger partial charge in [0.1, 0.15) is 0 Å². The zero-order valence-corrected chi connectivity index (χ0v) is 6.46. The zero-order chi connectivity index (χ0) is 9.07. The van der Waals surface area contributed by atoms with Crippen LogP contribution in [0.25, 0.3) is 0 Å². The van der Waals surface area contributed by atoms with Gasteiger partial charge in [-0.05, 0) is 13.8 Å². The predicted octanol–water partition coefficient (Wildman–Crippen LogP) is -0.0697. The van der Waals surface area contributed by atoms with E-state index < -0.39 is 17.5 Å². The van der Waals surface area contributed by atoms with E-state index in [1.54, 1.807) is 0 Å². The zero-order valence-electron chi connectivity index (χ0n) is 6.46. The number of hydrogen-bond acceptors (Lipinski definition) is 3. The van der Waals surface area contributed by atoms with E-state index in [0.29, 0.717) is 0 Å². The molecule has 5 heteroatoms. The fourth-order valence-electron chi connectivity index (χ4n) is 0.337. The molecule has 0 aliphatic carbocycles. The fourth-order valence-corrected chi connectivity index (χ4v) is 0.337. The minimum atomic E-state index is -1.48. The van der Waals surface area contributed by atoms with Crippen molar-refractivity contribution in [2.45, 2.75) is 19.4 Å². The van der Waals surface area contributed by atoms with Crippen molar-refractivity contribution in [3.63, 3.8) is 0 Å². The molecule has 0 spiro atoms. The van der Waals surface area contributed by atoms with Crippen LogP contribution < -0.4 is 0 Å². The van der Waals surface area contributed by atoms with Crippen LogP contribution in [0.3, 0.4) is 0 Å². The summed E-state index contributed by atoms with van der Waals surface area (Å²) in [6, 6.07) is 0. The molecule has 12 heavy (non-hydrogen) atoms. The van der Waals surface area contributed by atoms with Crippen LogP contribution >= 0.6 is 0 Å². The third-order valence-electron chi connectivity index (χ3n) is 1.04. The van der Waals surface area contributed by atoms with Crippen LogP contribution in [0.4, 0.5) is 0 Å². The van der Waals surface area contributed by atoms with E-state index in [1.807, 2.05) is 0 Å². The molecule has 64 valence electrons. The molecule has 0 aromatic carbocycles. The summed E-state index contributed by atoms with van der Waals surface area (Å²) in [4.78, 5) is 20.9. The van der Waals surface area contributed by atoms with Gasteiger partial charge in [0, 0.05) is 6.08 Å². The average Bonchev–Trinajstić information content (AvgIpc) is 1.86. The van der Waals surface area contributed by atoms with Crippen molar-refractivity contribution in [2.24, 2.45) is 0 Å². The molecule has 0 radical (unpaired) electrons. The molecule has 4 nitrogen and oxygen atoms in total. The Morgan fingerprint density at radius 1 is 1.50 bits per heavy atom. The molecule has 0 unspecified atom stereocenters. The molecule has 0 saturated heterocycles. The molecule has 0 saturated carbocycles. The molecule has 1 N–H and O–H groups in total. The molecule has 0 atom stereocenters. The van der Waals surface area contributed by atoms with Crippen LogP contribution in [-0.2, 0) is 14.3 Å². The Morgan fingerprint density at radius 2 is 1.92 bits per heavy atom. The summed E-state index contributed by atoms with van der Waals surface area (Å²) >= 11 is 0. The SMILES string of the molecule is C=CC(=O)OC(C)(C)C(=O)O.[LiH]. The number of carbonyl (C=O) groups excluding carboxylic acids is 1. The van der Waals surface area contributed by atoms with Gasteiger partial charge in [-0.1, -0.05) is 6.58 Å². The Morgan fingerprint density at radius 3 is 2.17 bits per heavy atom. The van der Waals surface area contributed by atoms with E-state index in [2.05, 4.69) is 11.3 Å². The molecule has 0 aliphatic heterocycles. The van der Waals surface area contributed by atoms with Gasteiger partial charge in [0.25, 0.3) is 0 Å². The van der Waals surface area contributed by atoms with Gasteiger partial charge >= 0.3 is 30.8 Å². The molecule has 0 aromatic heterocycles. The number of aliphatic carboxylic acids is 1. The third-order valence-corrected chi connectivity index (χ3v) is 1.04. The van der Waals surface area contributed by atoms with Gasteiger partial charge in [0.2, 0.25) is 5.60 Å². The number of ether oxygens (including phenoxy) is 1. The van der Waals surface area contributed by atoms with E-state index in [1.165, 1.54) is 13.8 Å². The second kappa shape index (κ2) is 5.02. The standard InChI is InChI=1S/C7H10O4.Li.H/c1-4-5(8)11-7(2,3)6(9)10;;/h4H,1H2,2-3H3,(H,9,10);;. The first-order chi connectivity index (χ1) is 4.90. The van der Waals surface area contributed by atoms with Crippen LogP contribution in [0, 0.1) is 0 Å². The molecule has 0 amide bonds. The Hall–Kier alpha value is -0.723. The second-order valence-corrected chi connectivity index (χ2v) is 2.44. The molecular weight excluding hydrogens is 155 g/mol. The van der Waals surface area contributed by atoms with Gasteiger partial charge in [-0.2, -0.15) is 0 Å². The van der Waals surface area contributed by atoms with E-state index in [-0.39, 0.29) is 18.9 Å². The van der Waals surface area contributed by atoms with E-state index in [0.717, 1.165) is 6.08 Å². The Kier molecular flexibility index (Phi) is 5.79. The van der Waals surface area contributed by atoms with Gasteiger partial charge in [-0.3, -0.25) is 0 Å². The first kappa shape index (κ1) is 13.8. The van der Waals surface area contributed by atoms with Crippen molar-refractivity contribution < 1.29 is 19.4 Å². The summed E-state index contributed by atoms with van der Waals surface area (Å²) in [6.07, 6.45) is 0.921. The number of carboxylic acids is 1. The summed E-state index contributed by atoms with van der Waals surface area (Å²) in [7, 11) is 0. The van der Waals surface area contributed by atoms with Crippen molar-refractivity contribution in [1.82, 2.24) is 0 Å². The van der Waals surface area contributed by atoms with Crippen LogP contribution in [0.5, 0.6) is 0 Å². The van der Waals surface area contributed by atoms with Crippen LogP contribution in [0.1, 0.15) is 13.8 Å². The van der Waals surface area contributed by atoms with Crippen molar-refractivity contribution >= 4 is 30.8 Å². The van der Waals surface area contributed by atoms with Gasteiger partial charge in [0.15, 0.2) is 0 Å². The Bertz CT molecular complexity index is 198. The van der Waals surface area contributed by atoms with Crippen LogP contribution in [0.15, 0.2) is 12.7 Å². The third kappa shape index (κ3) is 4.22. The first-order valence-corrected chi connectivity index (χ1v) is 2.99. The van der Waals surface area contributed by atoms with Gasteiger partial charge in [-0.15, -0.1) is 0 Å². The topological polar surface area (TPSA) is 63.6 Å². The molecule has 0 rings (SSSR count). The Balaban J connectivity index is 0. The van der Waals surface area contributed by atoms with Crippen LogP contribution in [0.2, 0.25) is 0 Å². The maximum absolute atomic E-state index is 10.5. The Labute approximate surface area is 82.8 Å². The molecule has 0 aromatic rings. The molecule has 0 aliphatic rings. The second-order valence-electron chi connectivity index (χ2n) is 2.44. The molecule has 0 heterocycles. The molecule has 0 bridgehead atoms. The van der Waals surface area contributed by atoms with Crippen molar-refractivity contribution in [3.05, 3.63) is 12.7 Å². The minimum absolute atomic E-state index is 0. The summed E-state index contributed by atoms with van der Waals surface area (Å²) in [5.41, 5.74) is -1.48. The number of carbonyl (C=O) groups is 2. The van der Waals surface area contributed by atoms with Crippen molar-refractivity contribution in [2.75, 3.05) is 0 Å². The number of rotatable bonds is 3. The van der Waals surface area contributed by atoms with Gasteiger partial charge < -0.3 is 9.84 Å². The molecule has 0 fully saturated rings. The fraction of sp³-hybridized carbons (Fsp3) is 0.429. The van der Waals surface area contributed by atoms with E-state index in [4.69, 9.17) is 5.11 Å². The molecular formula is C7H11LiO4. The number of hydrogen-bond donors (Lipinski definition) is 1. The van der Waals surface area contributed by atoms with Crippen molar-refractivity contribution in [3.8, 4) is 0 Å².